The SMILES string of the molecule is CC1(C)c2ccccc2N(c2ccccc2)C2=CC=C(C3(c4ccc([P+](C)(c5ccccc5)c5ccccc5)cc4)c4ccccc4-c4ccccc43)CC21. The molecule has 1 unspecified atom stereocenters. The van der Waals surface area contributed by atoms with Crippen molar-refractivity contribution >= 4 is 34.6 Å². The maximum Gasteiger partial charge on any atom is 0.109 e. The van der Waals surface area contributed by atoms with Crippen LogP contribution in [0.1, 0.15) is 42.5 Å². The Hall–Kier alpha value is -5.75. The Balaban J connectivity index is 1.20. The summed E-state index contributed by atoms with van der Waals surface area (Å²) in [6.45, 7) is 7.41. The van der Waals surface area contributed by atoms with E-state index in [1.165, 1.54) is 71.9 Å². The summed E-state index contributed by atoms with van der Waals surface area (Å²) in [5, 5.41) is 4.19. The van der Waals surface area contributed by atoms with E-state index in [-0.39, 0.29) is 11.3 Å². The van der Waals surface area contributed by atoms with Gasteiger partial charge in [-0.25, -0.2) is 0 Å². The maximum absolute atomic E-state index is 2.52. The predicted molar refractivity (Wildman–Crippen MR) is 235 cm³/mol. The van der Waals surface area contributed by atoms with Gasteiger partial charge in [0.05, 0.1) is 12.1 Å². The molecule has 1 heterocycles. The molecule has 0 aromatic heterocycles. The molecule has 10 rings (SSSR count). The van der Waals surface area contributed by atoms with Crippen LogP contribution in [-0.2, 0) is 10.8 Å². The molecule has 7 aromatic rings. The zero-order valence-corrected chi connectivity index (χ0v) is 32.6. The number of rotatable bonds is 6. The highest BCUT2D eigenvalue weighted by molar-refractivity contribution is 7.95. The van der Waals surface area contributed by atoms with Crippen LogP contribution in [0.5, 0.6) is 0 Å². The Morgan fingerprint density at radius 3 is 1.55 bits per heavy atom. The second kappa shape index (κ2) is 12.9. The standard InChI is InChI=1S/C53H45NP/c1-52(2)48-29-17-18-30-50(48)54(40-19-7-4-8-20-40)51-36-33-39(37-49(51)52)53(46-27-15-13-25-44(46)45-26-14-16-28-47(45)53)38-31-34-43(35-32-38)55(3,41-21-9-5-10-22-41)42-23-11-6-12-24-42/h4-36,49H,37H2,1-3H3/q+1. The summed E-state index contributed by atoms with van der Waals surface area (Å²) in [6, 6.07) is 70.5. The van der Waals surface area contributed by atoms with E-state index in [1.807, 2.05) is 0 Å². The van der Waals surface area contributed by atoms with E-state index < -0.39 is 12.7 Å². The highest BCUT2D eigenvalue weighted by Gasteiger charge is 2.52. The highest BCUT2D eigenvalue weighted by Crippen LogP contribution is 2.61. The fourth-order valence-corrected chi connectivity index (χ4v) is 13.4. The summed E-state index contributed by atoms with van der Waals surface area (Å²) in [7, 11) is -1.90. The summed E-state index contributed by atoms with van der Waals surface area (Å²) in [5.74, 6) is 0.268. The van der Waals surface area contributed by atoms with Crippen molar-refractivity contribution in [3.8, 4) is 11.1 Å². The number of hydrogen-bond donors (Lipinski definition) is 0. The van der Waals surface area contributed by atoms with Crippen LogP contribution in [0.4, 0.5) is 11.4 Å². The number of allylic oxidation sites excluding steroid dienone is 4. The average Bonchev–Trinajstić information content (AvgIpc) is 3.55. The zero-order chi connectivity index (χ0) is 37.2. The first-order chi connectivity index (χ1) is 26.9. The molecule has 1 atom stereocenters. The molecule has 55 heavy (non-hydrogen) atoms. The van der Waals surface area contributed by atoms with Gasteiger partial charge in [0, 0.05) is 28.4 Å². The maximum atomic E-state index is 2.52. The lowest BCUT2D eigenvalue weighted by atomic mass is 9.59. The number of nitrogens with zero attached hydrogens (tertiary/aromatic N) is 1. The van der Waals surface area contributed by atoms with Gasteiger partial charge in [0.25, 0.3) is 0 Å². The fraction of sp³-hybridized carbons (Fsp3) is 0.132. The summed E-state index contributed by atoms with van der Waals surface area (Å²) in [5.41, 5.74) is 13.0. The van der Waals surface area contributed by atoms with Gasteiger partial charge < -0.3 is 4.90 Å². The smallest absolute Gasteiger partial charge is 0.109 e. The van der Waals surface area contributed by atoms with Crippen molar-refractivity contribution in [1.29, 1.82) is 0 Å². The first-order valence-corrected chi connectivity index (χ1v) is 21.8. The van der Waals surface area contributed by atoms with Crippen molar-refractivity contribution in [3.63, 3.8) is 0 Å². The lowest BCUT2D eigenvalue weighted by molar-refractivity contribution is 0.336. The molecule has 0 saturated carbocycles. The van der Waals surface area contributed by atoms with Gasteiger partial charge in [-0.3, -0.25) is 0 Å². The summed E-state index contributed by atoms with van der Waals surface area (Å²) >= 11 is 0. The molecule has 3 aliphatic rings. The van der Waals surface area contributed by atoms with Crippen molar-refractivity contribution < 1.29 is 0 Å². The van der Waals surface area contributed by atoms with Gasteiger partial charge in [-0.05, 0) is 100 Å². The molecule has 0 saturated heterocycles. The van der Waals surface area contributed by atoms with E-state index in [0.29, 0.717) is 0 Å². The molecule has 0 fully saturated rings. The monoisotopic (exact) mass is 726 g/mol. The minimum absolute atomic E-state index is 0.0897. The highest BCUT2D eigenvalue weighted by atomic mass is 31.2. The van der Waals surface area contributed by atoms with Crippen LogP contribution in [0.3, 0.4) is 0 Å². The molecule has 0 bridgehead atoms. The van der Waals surface area contributed by atoms with Gasteiger partial charge in [0.1, 0.15) is 23.2 Å². The van der Waals surface area contributed by atoms with Crippen LogP contribution in [0.15, 0.2) is 211 Å². The predicted octanol–water partition coefficient (Wildman–Crippen LogP) is 11.9. The van der Waals surface area contributed by atoms with Crippen molar-refractivity contribution in [2.24, 2.45) is 5.92 Å². The molecule has 0 N–H and O–H groups in total. The second-order valence-electron chi connectivity index (χ2n) is 16.0. The molecule has 2 heteroatoms. The molecule has 7 aromatic carbocycles. The summed E-state index contributed by atoms with van der Waals surface area (Å²) < 4.78 is 0. The Morgan fingerprint density at radius 1 is 0.491 bits per heavy atom. The number of anilines is 2. The summed E-state index contributed by atoms with van der Waals surface area (Å²) in [4.78, 5) is 2.52. The third-order valence-corrected chi connectivity index (χ3v) is 17.0. The molecule has 0 radical (unpaired) electrons. The molecule has 0 spiro atoms. The van der Waals surface area contributed by atoms with Gasteiger partial charge in [-0.2, -0.15) is 0 Å². The molecular weight excluding hydrogens is 682 g/mol. The fourth-order valence-electron chi connectivity index (χ4n) is 10.2. The number of para-hydroxylation sites is 2. The normalized spacial score (nSPS) is 17.6. The first-order valence-electron chi connectivity index (χ1n) is 19.6. The molecule has 1 aliphatic heterocycles. The van der Waals surface area contributed by atoms with Crippen LogP contribution < -0.4 is 20.8 Å². The van der Waals surface area contributed by atoms with Crippen LogP contribution >= 0.6 is 7.26 Å². The molecule has 1 nitrogen and oxygen atoms in total. The topological polar surface area (TPSA) is 3.24 Å². The van der Waals surface area contributed by atoms with Gasteiger partial charge in [0.2, 0.25) is 0 Å². The van der Waals surface area contributed by atoms with Crippen LogP contribution in [-0.4, -0.2) is 6.66 Å². The van der Waals surface area contributed by atoms with E-state index in [1.54, 1.807) is 0 Å². The second-order valence-corrected chi connectivity index (χ2v) is 19.6. The molecular formula is C53H45NP+. The van der Waals surface area contributed by atoms with E-state index in [0.717, 1.165) is 6.42 Å². The van der Waals surface area contributed by atoms with Crippen molar-refractivity contribution in [3.05, 3.63) is 234 Å². The Bertz CT molecular complexity index is 2510. The lowest BCUT2D eigenvalue weighted by Crippen LogP contribution is -2.44. The number of fused-ring (bicyclic) bond motifs is 5. The van der Waals surface area contributed by atoms with E-state index >= 15 is 0 Å². The molecule has 0 amide bonds. The number of benzene rings is 7. The van der Waals surface area contributed by atoms with Gasteiger partial charge in [-0.1, -0.05) is 159 Å². The molecule has 2 aliphatic carbocycles. The van der Waals surface area contributed by atoms with Crippen LogP contribution in [0, 0.1) is 5.92 Å². The minimum atomic E-state index is -1.90. The largest absolute Gasteiger partial charge is 0.314 e. The van der Waals surface area contributed by atoms with E-state index in [4.69, 9.17) is 0 Å². The first kappa shape index (κ1) is 33.8. The van der Waals surface area contributed by atoms with Gasteiger partial charge in [0.15, 0.2) is 0 Å². The quantitative estimate of drug-likeness (QED) is 0.154. The number of hydrogen-bond acceptors (Lipinski definition) is 1. The third kappa shape index (κ3) is 4.96. The Kier molecular flexibility index (Phi) is 7.95. The van der Waals surface area contributed by atoms with E-state index in [2.05, 4.69) is 226 Å². The van der Waals surface area contributed by atoms with Crippen molar-refractivity contribution in [1.82, 2.24) is 0 Å². The summed E-state index contributed by atoms with van der Waals surface area (Å²) in [6.07, 6.45) is 5.89. The Morgan fingerprint density at radius 2 is 0.964 bits per heavy atom. The minimum Gasteiger partial charge on any atom is -0.314 e. The van der Waals surface area contributed by atoms with E-state index in [9.17, 15) is 0 Å². The lowest BCUT2D eigenvalue weighted by Gasteiger charge is -2.51. The van der Waals surface area contributed by atoms with Crippen LogP contribution in [0.25, 0.3) is 11.1 Å². The third-order valence-electron chi connectivity index (χ3n) is 13.0. The zero-order valence-electron chi connectivity index (χ0n) is 31.7. The van der Waals surface area contributed by atoms with Gasteiger partial charge in [-0.15, -0.1) is 0 Å². The van der Waals surface area contributed by atoms with Crippen molar-refractivity contribution in [2.75, 3.05) is 11.6 Å². The Labute approximate surface area is 326 Å². The van der Waals surface area contributed by atoms with Crippen LogP contribution in [0.2, 0.25) is 0 Å². The van der Waals surface area contributed by atoms with Crippen molar-refractivity contribution in [2.45, 2.75) is 31.1 Å². The molecule has 266 valence electrons. The average molecular weight is 727 g/mol. The van der Waals surface area contributed by atoms with Gasteiger partial charge >= 0.3 is 0 Å².